The van der Waals surface area contributed by atoms with Crippen LogP contribution in [0.5, 0.6) is 17.4 Å². The molecule has 5 amide bonds. The Morgan fingerprint density at radius 1 is 0.890 bits per heavy atom. The molecule has 82 heavy (non-hydrogen) atoms. The number of benzene rings is 4. The second-order valence-electron chi connectivity index (χ2n) is 20.4. The van der Waals surface area contributed by atoms with E-state index in [9.17, 15) is 18.8 Å². The maximum atomic E-state index is 15.1. The Bertz CT molecular complexity index is 3350. The van der Waals surface area contributed by atoms with Crippen molar-refractivity contribution in [2.24, 2.45) is 4.99 Å². The molecule has 3 aliphatic heterocycles. The van der Waals surface area contributed by atoms with Crippen LogP contribution in [0.3, 0.4) is 0 Å². The summed E-state index contributed by atoms with van der Waals surface area (Å²) in [6, 6.07) is 22.4. The van der Waals surface area contributed by atoms with Crippen LogP contribution in [0.2, 0.25) is 10.0 Å². The number of amides is 5. The van der Waals surface area contributed by atoms with Crippen molar-refractivity contribution in [2.45, 2.75) is 71.5 Å². The number of carbonyl (C=O) groups excluding carboxylic acids is 4. The van der Waals surface area contributed by atoms with Gasteiger partial charge in [-0.25, -0.2) is 19.2 Å². The number of nitrogens with zero attached hydrogens (tertiary/aromatic N) is 10. The quantitative estimate of drug-likeness (QED) is 0.0800. The Morgan fingerprint density at radius 3 is 2.28 bits per heavy atom. The Morgan fingerprint density at radius 2 is 1.59 bits per heavy atom. The van der Waals surface area contributed by atoms with Gasteiger partial charge in [0.1, 0.15) is 41.8 Å². The van der Waals surface area contributed by atoms with Gasteiger partial charge in [-0.3, -0.25) is 29.0 Å². The topological polar surface area (TPSA) is 213 Å². The molecule has 20 nitrogen and oxygen atoms in total. The summed E-state index contributed by atoms with van der Waals surface area (Å²) in [5.74, 6) is 0.243. The number of ether oxygens (including phenoxy) is 5. The molecule has 3 aliphatic rings. The number of anilines is 1. The van der Waals surface area contributed by atoms with Crippen LogP contribution in [0.4, 0.5) is 15.0 Å². The highest BCUT2D eigenvalue weighted by Gasteiger charge is 2.46. The van der Waals surface area contributed by atoms with Crippen LogP contribution in [0.1, 0.15) is 89.4 Å². The van der Waals surface area contributed by atoms with Crippen molar-refractivity contribution >= 4 is 58.6 Å². The number of amidine groups is 1. The third-order valence-corrected chi connectivity index (χ3v) is 15.0. The van der Waals surface area contributed by atoms with Gasteiger partial charge < -0.3 is 49.0 Å². The molecule has 5 heterocycles. The average molecular weight is 1160 g/mol. The Hall–Kier alpha value is -7.85. The predicted molar refractivity (Wildman–Crippen MR) is 307 cm³/mol. The van der Waals surface area contributed by atoms with E-state index < -0.39 is 30.0 Å². The fraction of sp³-hybridized carbons (Fsp3) is 0.390. The molecule has 0 radical (unpaired) electrons. The lowest BCUT2D eigenvalue weighted by molar-refractivity contribution is -0.135. The first-order chi connectivity index (χ1) is 39.4. The van der Waals surface area contributed by atoms with Crippen LogP contribution in [-0.2, 0) is 32.2 Å². The number of carbonyl (C=O) groups is 4. The van der Waals surface area contributed by atoms with Crippen molar-refractivity contribution < 1.29 is 47.3 Å². The molecule has 3 atom stereocenters. The molecular formula is C59H66Cl2FN11O9. The van der Waals surface area contributed by atoms with Crippen molar-refractivity contribution in [3.05, 3.63) is 146 Å². The first-order valence-corrected chi connectivity index (χ1v) is 27.7. The monoisotopic (exact) mass is 1160 g/mol. The zero-order chi connectivity index (χ0) is 58.4. The number of aryl methyl sites for hydroxylation is 1. The van der Waals surface area contributed by atoms with Crippen molar-refractivity contribution in [1.82, 2.24) is 44.2 Å². The molecule has 0 saturated carbocycles. The number of hydrogen-bond acceptors (Lipinski definition) is 14. The van der Waals surface area contributed by atoms with E-state index in [1.54, 1.807) is 88.8 Å². The standard InChI is InChI=1S/C59H66Cl2FN11O9/c1-35(2)81-49-31-43(78-7)17-19-45(49)56-66-53(38-8-12-40(60)13-9-38)54(39-10-14-41(61)15-11-39)73(56)59(77)71-23-22-70(51(75)34-71)25-27-80-29-28-79-26-20-50(74)68(5)21-24-72-48-33-69(6)58(76)44-18-16-42(62)30-46(44)37(4)82-57-55(63)64-32-47(65-57)52(48)36(3)67-72/h8-19,30-32,35,37,53-54H,20-29,33-34H2,1-7H3,(H2,63,64)/t37-,53-,54+/m1/s1. The van der Waals surface area contributed by atoms with E-state index in [-0.39, 0.29) is 113 Å². The number of urea groups is 1. The van der Waals surface area contributed by atoms with Crippen molar-refractivity contribution in [3.63, 3.8) is 0 Å². The summed E-state index contributed by atoms with van der Waals surface area (Å²) in [6.45, 7) is 9.55. The van der Waals surface area contributed by atoms with Crippen LogP contribution in [0, 0.1) is 12.7 Å². The van der Waals surface area contributed by atoms with Gasteiger partial charge in [-0.1, -0.05) is 47.5 Å². The zero-order valence-corrected chi connectivity index (χ0v) is 48.3. The minimum atomic E-state index is -0.780. The van der Waals surface area contributed by atoms with Gasteiger partial charge in [-0.15, -0.1) is 0 Å². The molecule has 23 heteroatoms. The van der Waals surface area contributed by atoms with Crippen molar-refractivity contribution in [2.75, 3.05) is 86.1 Å². The summed E-state index contributed by atoms with van der Waals surface area (Å²) in [4.78, 5) is 78.5. The zero-order valence-electron chi connectivity index (χ0n) is 46.8. The lowest BCUT2D eigenvalue weighted by atomic mass is 9.93. The van der Waals surface area contributed by atoms with Gasteiger partial charge in [-0.05, 0) is 93.4 Å². The van der Waals surface area contributed by atoms with Gasteiger partial charge >= 0.3 is 6.03 Å². The van der Waals surface area contributed by atoms with Crippen LogP contribution in [0.15, 0.2) is 96.1 Å². The minimum absolute atomic E-state index is 0.0332. The highest BCUT2D eigenvalue weighted by molar-refractivity contribution is 6.30. The van der Waals surface area contributed by atoms with Gasteiger partial charge in [0.15, 0.2) is 5.82 Å². The number of hydrogen-bond donors (Lipinski definition) is 1. The first kappa shape index (κ1) is 58.8. The van der Waals surface area contributed by atoms with Crippen LogP contribution in [-0.4, -0.2) is 160 Å². The number of aliphatic imine (C=N–C) groups is 1. The summed E-state index contributed by atoms with van der Waals surface area (Å²) in [5.41, 5.74) is 11.3. The maximum Gasteiger partial charge on any atom is 0.326 e. The molecule has 1 fully saturated rings. The van der Waals surface area contributed by atoms with E-state index in [0.717, 1.165) is 11.1 Å². The van der Waals surface area contributed by atoms with Crippen molar-refractivity contribution in [3.8, 4) is 28.6 Å². The molecule has 0 aliphatic carbocycles. The average Bonchev–Trinajstić information content (AvgIpc) is 3.25. The summed E-state index contributed by atoms with van der Waals surface area (Å²) < 4.78 is 45.9. The van der Waals surface area contributed by atoms with E-state index in [0.29, 0.717) is 67.7 Å². The third-order valence-electron chi connectivity index (χ3n) is 14.4. The molecule has 432 valence electrons. The van der Waals surface area contributed by atoms with E-state index >= 15 is 4.79 Å². The number of rotatable bonds is 18. The number of halogens is 3. The molecule has 0 unspecified atom stereocenters. The number of fused-ring (bicyclic) bond motifs is 5. The second-order valence-corrected chi connectivity index (χ2v) is 21.3. The van der Waals surface area contributed by atoms with Crippen LogP contribution >= 0.6 is 23.2 Å². The third kappa shape index (κ3) is 13.2. The first-order valence-electron chi connectivity index (χ1n) is 27.0. The number of nitrogen functional groups attached to an aromatic ring is 1. The second kappa shape index (κ2) is 25.9. The number of methoxy groups -OCH3 is 1. The lowest BCUT2D eigenvalue weighted by Gasteiger charge is -2.38. The lowest BCUT2D eigenvalue weighted by Crippen LogP contribution is -2.56. The predicted octanol–water partition coefficient (Wildman–Crippen LogP) is 8.59. The Kier molecular flexibility index (Phi) is 18.6. The van der Waals surface area contributed by atoms with E-state index in [1.807, 2.05) is 51.1 Å². The van der Waals surface area contributed by atoms with E-state index in [1.165, 1.54) is 29.3 Å². The van der Waals surface area contributed by atoms with Gasteiger partial charge in [0, 0.05) is 73.1 Å². The van der Waals surface area contributed by atoms with Gasteiger partial charge in [-0.2, -0.15) is 5.10 Å². The number of nitrogens with two attached hydrogens (primary N) is 1. The molecule has 0 spiro atoms. The van der Waals surface area contributed by atoms with Crippen LogP contribution < -0.4 is 19.9 Å². The van der Waals surface area contributed by atoms with Gasteiger partial charge in [0.25, 0.3) is 11.8 Å². The molecule has 2 bridgehead atoms. The summed E-state index contributed by atoms with van der Waals surface area (Å²) in [6.07, 6.45) is 0.642. The maximum absolute atomic E-state index is 15.1. The smallest absolute Gasteiger partial charge is 0.326 e. The number of piperazine rings is 1. The SMILES string of the molecule is COc1ccc(C2=N[C@H](c3ccc(Cl)cc3)[C@H](c3ccc(Cl)cc3)N2C(=O)N2CCN(CCOCCOCCC(=O)N(C)CCn3nc(C)c4c3CN(C)C(=O)c3ccc(F)cc3[C@@H](C)Oc3nc-4cnc3N)C(=O)C2)c(OC(C)C)c1. The molecular weight excluding hydrogens is 1100 g/mol. The molecule has 1 saturated heterocycles. The summed E-state index contributed by atoms with van der Waals surface area (Å²) in [7, 11) is 4.92. The van der Waals surface area contributed by atoms with E-state index in [2.05, 4.69) is 4.98 Å². The highest BCUT2D eigenvalue weighted by atomic mass is 35.5. The molecule has 6 aromatic rings. The molecule has 4 aromatic carbocycles. The molecule has 2 aromatic heterocycles. The highest BCUT2D eigenvalue weighted by Crippen LogP contribution is 2.46. The largest absolute Gasteiger partial charge is 0.497 e. The number of likely N-dealkylation sites (N-methyl/N-ethyl adjacent to an activating group) is 1. The normalized spacial score (nSPS) is 17.2. The Balaban J connectivity index is 0.770. The van der Waals surface area contributed by atoms with E-state index in [4.69, 9.17) is 67.7 Å². The molecule has 2 N–H and O–H groups in total. The number of aromatic nitrogens is 4. The fourth-order valence-electron chi connectivity index (χ4n) is 10.2. The van der Waals surface area contributed by atoms with Gasteiger partial charge in [0.2, 0.25) is 11.8 Å². The van der Waals surface area contributed by atoms with Gasteiger partial charge in [0.05, 0.1) is 94.0 Å². The molecule has 9 rings (SSSR count). The summed E-state index contributed by atoms with van der Waals surface area (Å²) >= 11 is 12.7. The Labute approximate surface area is 485 Å². The van der Waals surface area contributed by atoms with Crippen LogP contribution in [0.25, 0.3) is 11.3 Å². The minimum Gasteiger partial charge on any atom is -0.497 e. The van der Waals surface area contributed by atoms with Crippen molar-refractivity contribution in [1.29, 1.82) is 0 Å². The fourth-order valence-corrected chi connectivity index (χ4v) is 10.4. The summed E-state index contributed by atoms with van der Waals surface area (Å²) in [5, 5.41) is 5.90.